The molecule has 0 atom stereocenters. The second kappa shape index (κ2) is 17.9. The molecule has 0 aromatic heterocycles. The van der Waals surface area contributed by atoms with Crippen LogP contribution in [0.3, 0.4) is 0 Å². The number of benzene rings is 13. The molecule has 77 heavy (non-hydrogen) atoms. The van der Waals surface area contributed by atoms with Gasteiger partial charge in [0.15, 0.2) is 0 Å². The van der Waals surface area contributed by atoms with Crippen molar-refractivity contribution >= 4 is 38.6 Å². The normalized spacial score (nSPS) is 13.4. The van der Waals surface area contributed by atoms with E-state index >= 15 is 0 Å². The van der Waals surface area contributed by atoms with Crippen molar-refractivity contribution in [1.29, 1.82) is 0 Å². The molecule has 0 saturated heterocycles. The Balaban J connectivity index is 0.879. The van der Waals surface area contributed by atoms with Crippen molar-refractivity contribution in [2.45, 2.75) is 10.8 Å². The molecular weight excluding hydrogens is 927 g/mol. The molecule has 1 spiro atoms. The monoisotopic (exact) mass is 977 g/mol. The lowest BCUT2D eigenvalue weighted by Gasteiger charge is -2.50. The molecule has 0 saturated carbocycles. The van der Waals surface area contributed by atoms with Gasteiger partial charge in [0.25, 0.3) is 0 Å². The fraction of sp³-hybridized carbons (Fsp3) is 0.0263. The minimum Gasteiger partial charge on any atom is -0.310 e. The van der Waals surface area contributed by atoms with Crippen LogP contribution in [-0.2, 0) is 10.8 Å². The molecule has 0 radical (unpaired) electrons. The van der Waals surface area contributed by atoms with Crippen LogP contribution in [0.1, 0.15) is 44.5 Å². The third-order valence-electron chi connectivity index (χ3n) is 16.8. The number of hydrogen-bond acceptors (Lipinski definition) is 1. The van der Waals surface area contributed by atoms with E-state index < -0.39 is 10.8 Å². The van der Waals surface area contributed by atoms with E-state index in [0.717, 1.165) is 17.1 Å². The maximum absolute atomic E-state index is 2.42. The van der Waals surface area contributed by atoms with Crippen molar-refractivity contribution in [3.05, 3.63) is 354 Å². The molecule has 0 heterocycles. The third-order valence-corrected chi connectivity index (χ3v) is 16.8. The summed E-state index contributed by atoms with van der Waals surface area (Å²) in [5.41, 5.74) is 22.5. The molecule has 2 aliphatic rings. The van der Waals surface area contributed by atoms with Crippen molar-refractivity contribution in [2.75, 3.05) is 4.90 Å². The van der Waals surface area contributed by atoms with E-state index in [-0.39, 0.29) is 0 Å². The van der Waals surface area contributed by atoms with Gasteiger partial charge in [0, 0.05) is 16.9 Å². The van der Waals surface area contributed by atoms with Gasteiger partial charge in [0.05, 0.1) is 16.5 Å². The lowest BCUT2D eigenvalue weighted by atomic mass is 9.51. The predicted molar refractivity (Wildman–Crippen MR) is 322 cm³/mol. The summed E-state index contributed by atoms with van der Waals surface area (Å²) < 4.78 is 0. The molecule has 1 heteroatoms. The van der Waals surface area contributed by atoms with Crippen LogP contribution in [0.5, 0.6) is 0 Å². The lowest BCUT2D eigenvalue weighted by molar-refractivity contribution is 0.623. The minimum atomic E-state index is -0.563. The Hall–Kier alpha value is -9.82. The minimum absolute atomic E-state index is 0.544. The Bertz CT molecular complexity index is 4280. The van der Waals surface area contributed by atoms with Gasteiger partial charge in [-0.15, -0.1) is 0 Å². The van der Waals surface area contributed by atoms with Crippen molar-refractivity contribution in [3.8, 4) is 44.5 Å². The summed E-state index contributed by atoms with van der Waals surface area (Å²) in [6.07, 6.45) is 0. The van der Waals surface area contributed by atoms with Crippen LogP contribution in [0, 0.1) is 0 Å². The first-order valence-electron chi connectivity index (χ1n) is 26.8. The van der Waals surface area contributed by atoms with Crippen molar-refractivity contribution in [2.24, 2.45) is 0 Å². The van der Waals surface area contributed by atoms with Crippen LogP contribution < -0.4 is 4.90 Å². The average Bonchev–Trinajstić information content (AvgIpc) is 4.00. The van der Waals surface area contributed by atoms with Crippen LogP contribution in [0.4, 0.5) is 17.1 Å². The Kier molecular flexibility index (Phi) is 10.4. The van der Waals surface area contributed by atoms with Gasteiger partial charge >= 0.3 is 0 Å². The maximum Gasteiger partial charge on any atom is 0.0720 e. The molecule has 360 valence electrons. The number of rotatable bonds is 8. The van der Waals surface area contributed by atoms with Crippen LogP contribution in [0.25, 0.3) is 66.1 Å². The summed E-state index contributed by atoms with van der Waals surface area (Å²) in [5.74, 6) is 0. The highest BCUT2D eigenvalue weighted by Gasteiger charge is 2.57. The van der Waals surface area contributed by atoms with Gasteiger partial charge in [-0.05, 0) is 141 Å². The number of anilines is 3. The number of nitrogens with zero attached hydrogens (tertiary/aromatic N) is 1. The second-order valence-corrected chi connectivity index (χ2v) is 20.6. The molecule has 15 rings (SSSR count). The molecule has 0 aliphatic heterocycles. The summed E-state index contributed by atoms with van der Waals surface area (Å²) in [6, 6.07) is 115. The topological polar surface area (TPSA) is 3.24 Å². The first-order valence-corrected chi connectivity index (χ1v) is 26.8. The van der Waals surface area contributed by atoms with Gasteiger partial charge in [-0.1, -0.05) is 273 Å². The van der Waals surface area contributed by atoms with Crippen LogP contribution in [0.2, 0.25) is 0 Å². The van der Waals surface area contributed by atoms with E-state index in [1.54, 1.807) is 0 Å². The van der Waals surface area contributed by atoms with E-state index in [2.05, 4.69) is 314 Å². The number of hydrogen-bond donors (Lipinski definition) is 0. The number of para-hydroxylation sites is 1. The molecule has 2 aliphatic carbocycles. The largest absolute Gasteiger partial charge is 0.310 e. The Morgan fingerprint density at radius 1 is 0.234 bits per heavy atom. The highest BCUT2D eigenvalue weighted by atomic mass is 15.1. The highest BCUT2D eigenvalue weighted by Crippen LogP contribution is 2.65. The summed E-state index contributed by atoms with van der Waals surface area (Å²) in [6.45, 7) is 0. The van der Waals surface area contributed by atoms with E-state index in [1.165, 1.54) is 111 Å². The summed E-state index contributed by atoms with van der Waals surface area (Å²) in [5, 5.41) is 4.87. The van der Waals surface area contributed by atoms with Gasteiger partial charge in [-0.25, -0.2) is 0 Å². The van der Waals surface area contributed by atoms with Crippen molar-refractivity contribution in [3.63, 3.8) is 0 Å². The van der Waals surface area contributed by atoms with Crippen LogP contribution in [-0.4, -0.2) is 0 Å². The quantitative estimate of drug-likeness (QED) is 0.137. The zero-order valence-electron chi connectivity index (χ0n) is 42.4. The van der Waals surface area contributed by atoms with Gasteiger partial charge < -0.3 is 4.90 Å². The predicted octanol–water partition coefficient (Wildman–Crippen LogP) is 19.5. The molecule has 0 unspecified atom stereocenters. The fourth-order valence-corrected chi connectivity index (χ4v) is 13.6. The van der Waals surface area contributed by atoms with Crippen molar-refractivity contribution < 1.29 is 0 Å². The van der Waals surface area contributed by atoms with Crippen molar-refractivity contribution in [1.82, 2.24) is 0 Å². The molecule has 0 fully saturated rings. The van der Waals surface area contributed by atoms with E-state index in [9.17, 15) is 0 Å². The van der Waals surface area contributed by atoms with Gasteiger partial charge in [0.2, 0.25) is 0 Å². The second-order valence-electron chi connectivity index (χ2n) is 20.6. The zero-order chi connectivity index (χ0) is 50.9. The zero-order valence-corrected chi connectivity index (χ0v) is 42.4. The SMILES string of the molecule is c1ccc(-c2ccc(N(c3ccc4c(ccc5cc(-c6cccc7c6-c6ccccc6C76c7ccccc7C(c7ccccc7)(c7ccccc7)c7ccccc76)ccc54)c3)c3ccccc3-c3ccccc3)cc2)cc1. The van der Waals surface area contributed by atoms with Crippen LogP contribution >= 0.6 is 0 Å². The highest BCUT2D eigenvalue weighted by molar-refractivity contribution is 6.10. The maximum atomic E-state index is 2.42. The molecule has 0 bridgehead atoms. The summed E-state index contributed by atoms with van der Waals surface area (Å²) in [7, 11) is 0. The molecule has 0 amide bonds. The molecular formula is C76H51N. The summed E-state index contributed by atoms with van der Waals surface area (Å²) in [4.78, 5) is 2.41. The first-order chi connectivity index (χ1) is 38.2. The van der Waals surface area contributed by atoms with Crippen LogP contribution in [0.15, 0.2) is 309 Å². The Morgan fingerprint density at radius 3 is 1.29 bits per heavy atom. The first kappa shape index (κ1) is 44.6. The van der Waals surface area contributed by atoms with Gasteiger partial charge in [-0.3, -0.25) is 0 Å². The standard InChI is InChI=1S/C76H51N/c1-5-22-52(23-6-1)53-42-45-60(46-43-53)77(73-39-20-14-30-64(73)54-24-7-2-8-25-54)61-47-49-63-57(51-61)41-40-55-50-56(44-48-62(55)63)65-32-21-38-72-74(65)66-31-13-15-33-67(66)76(72)70-36-18-16-34-68(70)75(58-26-9-3-10-27-58,59-28-11-4-12-29-59)69-35-17-19-37-71(69)76/h1-51H. The molecule has 0 N–H and O–H groups in total. The fourth-order valence-electron chi connectivity index (χ4n) is 13.6. The smallest absolute Gasteiger partial charge is 0.0720 e. The molecule has 1 nitrogen and oxygen atoms in total. The molecule has 13 aromatic rings. The van der Waals surface area contributed by atoms with E-state index in [4.69, 9.17) is 0 Å². The summed E-state index contributed by atoms with van der Waals surface area (Å²) >= 11 is 0. The van der Waals surface area contributed by atoms with E-state index in [1.807, 2.05) is 0 Å². The third kappa shape index (κ3) is 6.74. The lowest BCUT2D eigenvalue weighted by Crippen LogP contribution is -2.44. The Labute approximate surface area is 450 Å². The van der Waals surface area contributed by atoms with Gasteiger partial charge in [-0.2, -0.15) is 0 Å². The van der Waals surface area contributed by atoms with Gasteiger partial charge in [0.1, 0.15) is 0 Å². The average molecular weight is 978 g/mol. The Morgan fingerprint density at radius 2 is 0.662 bits per heavy atom. The number of fused-ring (bicyclic) bond motifs is 12. The van der Waals surface area contributed by atoms with E-state index in [0.29, 0.717) is 0 Å². The molecule has 13 aromatic carbocycles.